The van der Waals surface area contributed by atoms with Crippen molar-refractivity contribution in [1.82, 2.24) is 5.32 Å². The fraction of sp³-hybridized carbons (Fsp3) is 0.133. The van der Waals surface area contributed by atoms with Crippen molar-refractivity contribution < 1.29 is 9.53 Å². The summed E-state index contributed by atoms with van der Waals surface area (Å²) in [6.45, 7) is 1.91. The van der Waals surface area contributed by atoms with Gasteiger partial charge in [-0.25, -0.2) is 4.79 Å². The molecule has 0 aliphatic heterocycles. The van der Waals surface area contributed by atoms with E-state index >= 15 is 0 Å². The Balaban J connectivity index is 1.95. The molecule has 0 fully saturated rings. The number of ether oxygens (including phenoxy) is 1. The molecule has 0 radical (unpaired) electrons. The Morgan fingerprint density at radius 3 is 2.58 bits per heavy atom. The minimum absolute atomic E-state index is 0.117. The predicted octanol–water partition coefficient (Wildman–Crippen LogP) is 4.30. The average molecular weight is 320 g/mol. The van der Waals surface area contributed by atoms with Crippen LogP contribution >= 0.6 is 15.9 Å². The van der Waals surface area contributed by atoms with Crippen LogP contribution in [-0.2, 0) is 0 Å². The maximum absolute atomic E-state index is 11.7. The van der Waals surface area contributed by atoms with Crippen molar-refractivity contribution in [2.45, 2.75) is 13.0 Å². The number of benzene rings is 2. The fourth-order valence-electron chi connectivity index (χ4n) is 1.66. The molecule has 0 unspecified atom stereocenters. The van der Waals surface area contributed by atoms with Gasteiger partial charge < -0.3 is 10.1 Å². The molecule has 1 atom stereocenters. The van der Waals surface area contributed by atoms with E-state index in [1.165, 1.54) is 0 Å². The Morgan fingerprint density at radius 2 is 1.89 bits per heavy atom. The van der Waals surface area contributed by atoms with Gasteiger partial charge in [-0.05, 0) is 36.8 Å². The van der Waals surface area contributed by atoms with Gasteiger partial charge in [0.1, 0.15) is 5.75 Å². The number of carbonyl (C=O) groups excluding carboxylic acids is 1. The van der Waals surface area contributed by atoms with E-state index in [9.17, 15) is 4.79 Å². The summed E-state index contributed by atoms with van der Waals surface area (Å²) >= 11 is 3.41. The lowest BCUT2D eigenvalue weighted by atomic mass is 10.1. The minimum Gasteiger partial charge on any atom is -0.410 e. The number of halogens is 1. The van der Waals surface area contributed by atoms with Gasteiger partial charge in [0.15, 0.2) is 0 Å². The summed E-state index contributed by atoms with van der Waals surface area (Å²) in [5, 5.41) is 2.79. The Hall–Kier alpha value is -1.81. The van der Waals surface area contributed by atoms with Crippen LogP contribution in [0.5, 0.6) is 5.75 Å². The standard InChI is InChI=1S/C15H14BrNO2/c1-11(12-6-5-7-13(16)10-12)17-15(18)19-14-8-3-2-4-9-14/h2-11H,1H3,(H,17,18)/t11-/m0/s1. The van der Waals surface area contributed by atoms with Crippen LogP contribution in [0.15, 0.2) is 59.1 Å². The van der Waals surface area contributed by atoms with Crippen LogP contribution in [0.25, 0.3) is 0 Å². The fourth-order valence-corrected chi connectivity index (χ4v) is 2.08. The number of amides is 1. The lowest BCUT2D eigenvalue weighted by molar-refractivity contribution is 0.197. The molecule has 0 aliphatic carbocycles. The molecule has 1 N–H and O–H groups in total. The Morgan fingerprint density at radius 1 is 1.16 bits per heavy atom. The first-order valence-corrected chi connectivity index (χ1v) is 6.73. The highest BCUT2D eigenvalue weighted by Gasteiger charge is 2.11. The first-order valence-electron chi connectivity index (χ1n) is 5.94. The lowest BCUT2D eigenvalue weighted by Gasteiger charge is -2.14. The molecular formula is C15H14BrNO2. The largest absolute Gasteiger partial charge is 0.413 e. The van der Waals surface area contributed by atoms with Crippen molar-refractivity contribution in [3.63, 3.8) is 0 Å². The van der Waals surface area contributed by atoms with E-state index in [-0.39, 0.29) is 6.04 Å². The van der Waals surface area contributed by atoms with Crippen LogP contribution in [0.4, 0.5) is 4.79 Å². The number of hydrogen-bond donors (Lipinski definition) is 1. The summed E-state index contributed by atoms with van der Waals surface area (Å²) in [5.41, 5.74) is 1.01. The molecule has 0 aromatic heterocycles. The molecule has 4 heteroatoms. The average Bonchev–Trinajstić information content (AvgIpc) is 2.39. The second-order valence-corrected chi connectivity index (χ2v) is 5.04. The van der Waals surface area contributed by atoms with Gasteiger partial charge in [0, 0.05) is 4.47 Å². The summed E-state index contributed by atoms with van der Waals surface area (Å²) in [7, 11) is 0. The first kappa shape index (κ1) is 13.6. The highest BCUT2D eigenvalue weighted by atomic mass is 79.9. The molecule has 0 saturated heterocycles. The zero-order valence-electron chi connectivity index (χ0n) is 10.5. The summed E-state index contributed by atoms with van der Waals surface area (Å²) < 4.78 is 6.16. The monoisotopic (exact) mass is 319 g/mol. The molecule has 1 amide bonds. The third-order valence-corrected chi connectivity index (χ3v) is 3.13. The zero-order chi connectivity index (χ0) is 13.7. The molecule has 0 heterocycles. The third-order valence-electron chi connectivity index (χ3n) is 2.64. The van der Waals surface area contributed by atoms with Crippen LogP contribution in [0.2, 0.25) is 0 Å². The second-order valence-electron chi connectivity index (χ2n) is 4.12. The minimum atomic E-state index is -0.460. The van der Waals surface area contributed by atoms with Crippen molar-refractivity contribution in [3.05, 3.63) is 64.6 Å². The van der Waals surface area contributed by atoms with E-state index < -0.39 is 6.09 Å². The normalized spacial score (nSPS) is 11.7. The predicted molar refractivity (Wildman–Crippen MR) is 78.2 cm³/mol. The number of rotatable bonds is 3. The summed E-state index contributed by atoms with van der Waals surface area (Å²) in [5.74, 6) is 0.529. The van der Waals surface area contributed by atoms with Gasteiger partial charge >= 0.3 is 6.09 Å². The number of nitrogens with one attached hydrogen (secondary N) is 1. The summed E-state index contributed by atoms with van der Waals surface area (Å²) in [6, 6.07) is 16.7. The van der Waals surface area contributed by atoms with E-state index in [0.717, 1.165) is 10.0 Å². The topological polar surface area (TPSA) is 38.3 Å². The molecule has 0 bridgehead atoms. The van der Waals surface area contributed by atoms with Gasteiger partial charge in [-0.1, -0.05) is 46.3 Å². The number of para-hydroxylation sites is 1. The maximum Gasteiger partial charge on any atom is 0.413 e. The van der Waals surface area contributed by atoms with Crippen LogP contribution < -0.4 is 10.1 Å². The van der Waals surface area contributed by atoms with Gasteiger partial charge in [0.25, 0.3) is 0 Å². The van der Waals surface area contributed by atoms with E-state index in [4.69, 9.17) is 4.74 Å². The van der Waals surface area contributed by atoms with Crippen molar-refractivity contribution in [3.8, 4) is 5.75 Å². The van der Waals surface area contributed by atoms with Crippen LogP contribution in [-0.4, -0.2) is 6.09 Å². The molecule has 0 aliphatic rings. The third kappa shape index (κ3) is 4.10. The van der Waals surface area contributed by atoms with Crippen molar-refractivity contribution >= 4 is 22.0 Å². The second kappa shape index (κ2) is 6.38. The van der Waals surface area contributed by atoms with E-state index in [0.29, 0.717) is 5.75 Å². The van der Waals surface area contributed by atoms with E-state index in [2.05, 4.69) is 21.2 Å². The Bertz CT molecular complexity index is 557. The smallest absolute Gasteiger partial charge is 0.410 e. The van der Waals surface area contributed by atoms with Gasteiger partial charge in [0.05, 0.1) is 6.04 Å². The van der Waals surface area contributed by atoms with Crippen molar-refractivity contribution in [1.29, 1.82) is 0 Å². The first-order chi connectivity index (χ1) is 9.15. The molecule has 2 aromatic carbocycles. The molecule has 2 rings (SSSR count). The molecule has 98 valence electrons. The molecule has 2 aromatic rings. The SMILES string of the molecule is C[C@H](NC(=O)Oc1ccccc1)c1cccc(Br)c1. The highest BCUT2D eigenvalue weighted by Crippen LogP contribution is 2.18. The van der Waals surface area contributed by atoms with Crippen molar-refractivity contribution in [2.24, 2.45) is 0 Å². The number of carbonyl (C=O) groups is 1. The lowest BCUT2D eigenvalue weighted by Crippen LogP contribution is -2.29. The molecule has 0 spiro atoms. The quantitative estimate of drug-likeness (QED) is 0.916. The Kier molecular flexibility index (Phi) is 4.58. The summed E-state index contributed by atoms with van der Waals surface area (Å²) in [6.07, 6.45) is -0.460. The summed E-state index contributed by atoms with van der Waals surface area (Å²) in [4.78, 5) is 11.7. The Labute approximate surface area is 120 Å². The number of hydrogen-bond acceptors (Lipinski definition) is 2. The van der Waals surface area contributed by atoms with E-state index in [1.807, 2.05) is 49.4 Å². The van der Waals surface area contributed by atoms with Crippen LogP contribution in [0.1, 0.15) is 18.5 Å². The van der Waals surface area contributed by atoms with Crippen molar-refractivity contribution in [2.75, 3.05) is 0 Å². The molecule has 0 saturated carbocycles. The molecule has 19 heavy (non-hydrogen) atoms. The molecule has 3 nitrogen and oxygen atoms in total. The van der Waals surface area contributed by atoms with Gasteiger partial charge in [0.2, 0.25) is 0 Å². The van der Waals surface area contributed by atoms with Gasteiger partial charge in [-0.2, -0.15) is 0 Å². The highest BCUT2D eigenvalue weighted by molar-refractivity contribution is 9.10. The van der Waals surface area contributed by atoms with Gasteiger partial charge in [-0.15, -0.1) is 0 Å². The van der Waals surface area contributed by atoms with Crippen LogP contribution in [0, 0.1) is 0 Å². The maximum atomic E-state index is 11.7. The van der Waals surface area contributed by atoms with Crippen LogP contribution in [0.3, 0.4) is 0 Å². The van der Waals surface area contributed by atoms with E-state index in [1.54, 1.807) is 12.1 Å². The van der Waals surface area contributed by atoms with Gasteiger partial charge in [-0.3, -0.25) is 0 Å². The zero-order valence-corrected chi connectivity index (χ0v) is 12.1. The molecular weight excluding hydrogens is 306 g/mol.